The Balaban J connectivity index is 1.98. The van der Waals surface area contributed by atoms with Gasteiger partial charge in [-0.1, -0.05) is 26.7 Å². The summed E-state index contributed by atoms with van der Waals surface area (Å²) in [4.78, 5) is 14.3. The topological polar surface area (TPSA) is 49.3 Å². The van der Waals surface area contributed by atoms with Gasteiger partial charge in [0.2, 0.25) is 0 Å². The monoisotopic (exact) mass is 295 g/mol. The van der Waals surface area contributed by atoms with Crippen molar-refractivity contribution in [1.29, 1.82) is 0 Å². The molecule has 3 nitrogen and oxygen atoms in total. The zero-order chi connectivity index (χ0) is 14.5. The number of carbonyl (C=O) groups is 1. The number of hydrogen-bond acceptors (Lipinski definition) is 3. The molecule has 1 amide bonds. The third-order valence-corrected chi connectivity index (χ3v) is 5.20. The van der Waals surface area contributed by atoms with Gasteiger partial charge < -0.3 is 10.4 Å². The molecule has 1 heterocycles. The molecule has 0 aromatic carbocycles. The van der Waals surface area contributed by atoms with E-state index in [4.69, 9.17) is 0 Å². The Bertz CT molecular complexity index is 428. The van der Waals surface area contributed by atoms with E-state index in [0.717, 1.165) is 17.7 Å². The summed E-state index contributed by atoms with van der Waals surface area (Å²) in [6.07, 6.45) is 6.82. The van der Waals surface area contributed by atoms with Gasteiger partial charge in [-0.3, -0.25) is 4.79 Å². The lowest BCUT2D eigenvalue weighted by Crippen LogP contribution is -2.34. The summed E-state index contributed by atoms with van der Waals surface area (Å²) in [5.74, 6) is 0.125. The van der Waals surface area contributed by atoms with Crippen LogP contribution >= 0.6 is 11.3 Å². The molecular formula is C16H25NO2S. The van der Waals surface area contributed by atoms with Crippen LogP contribution in [0.5, 0.6) is 0 Å². The van der Waals surface area contributed by atoms with Crippen LogP contribution in [-0.4, -0.2) is 23.7 Å². The summed E-state index contributed by atoms with van der Waals surface area (Å²) in [5, 5.41) is 12.6. The van der Waals surface area contributed by atoms with Crippen LogP contribution in [0.25, 0.3) is 0 Å². The smallest absolute Gasteiger partial charge is 0.261 e. The second-order valence-corrected chi connectivity index (χ2v) is 7.13. The van der Waals surface area contributed by atoms with Gasteiger partial charge in [0.1, 0.15) is 0 Å². The Hall–Kier alpha value is -0.870. The fourth-order valence-electron chi connectivity index (χ4n) is 2.48. The van der Waals surface area contributed by atoms with Crippen molar-refractivity contribution in [3.05, 3.63) is 21.4 Å². The van der Waals surface area contributed by atoms with E-state index in [1.54, 1.807) is 11.3 Å². The summed E-state index contributed by atoms with van der Waals surface area (Å²) in [6, 6.07) is 2.06. The molecule has 0 fully saturated rings. The van der Waals surface area contributed by atoms with Crippen molar-refractivity contribution >= 4 is 17.2 Å². The maximum atomic E-state index is 12.1. The highest BCUT2D eigenvalue weighted by Crippen LogP contribution is 2.28. The number of thiophene rings is 1. The Morgan fingerprint density at radius 1 is 1.30 bits per heavy atom. The van der Waals surface area contributed by atoms with Crippen molar-refractivity contribution in [1.82, 2.24) is 5.32 Å². The number of aliphatic hydroxyl groups is 1. The number of aryl methyl sites for hydroxylation is 2. The second-order valence-electron chi connectivity index (χ2n) is 5.99. The van der Waals surface area contributed by atoms with Crippen LogP contribution < -0.4 is 5.32 Å². The first-order valence-corrected chi connectivity index (χ1v) is 8.47. The lowest BCUT2D eigenvalue weighted by Gasteiger charge is -2.14. The van der Waals surface area contributed by atoms with Crippen molar-refractivity contribution in [2.75, 3.05) is 6.54 Å². The summed E-state index contributed by atoms with van der Waals surface area (Å²) in [7, 11) is 0. The maximum absolute atomic E-state index is 12.1. The standard InChI is InChI=1S/C16H25NO2S/c1-11(2)13(18)10-17-16(19)15-9-12-7-5-3-4-6-8-14(12)20-15/h9,11,13,18H,3-8,10H2,1-2H3,(H,17,19). The molecule has 0 aliphatic heterocycles. The Morgan fingerprint density at radius 3 is 2.70 bits per heavy atom. The number of aliphatic hydroxyl groups excluding tert-OH is 1. The first kappa shape index (κ1) is 15.5. The predicted molar refractivity (Wildman–Crippen MR) is 83.4 cm³/mol. The first-order valence-electron chi connectivity index (χ1n) is 7.65. The second kappa shape index (κ2) is 7.23. The molecule has 112 valence electrons. The van der Waals surface area contributed by atoms with Crippen LogP contribution in [0.15, 0.2) is 6.07 Å². The van der Waals surface area contributed by atoms with E-state index in [1.807, 2.05) is 13.8 Å². The van der Waals surface area contributed by atoms with E-state index < -0.39 is 6.10 Å². The average Bonchev–Trinajstić information content (AvgIpc) is 2.78. The molecule has 0 spiro atoms. The molecule has 1 unspecified atom stereocenters. The van der Waals surface area contributed by atoms with E-state index in [2.05, 4.69) is 11.4 Å². The third kappa shape index (κ3) is 4.06. The predicted octanol–water partition coefficient (Wildman–Crippen LogP) is 3.15. The quantitative estimate of drug-likeness (QED) is 0.896. The van der Waals surface area contributed by atoms with Crippen LogP contribution in [0.3, 0.4) is 0 Å². The van der Waals surface area contributed by atoms with Crippen molar-refractivity contribution in [2.45, 2.75) is 58.5 Å². The zero-order valence-electron chi connectivity index (χ0n) is 12.4. The van der Waals surface area contributed by atoms with Crippen LogP contribution in [0.4, 0.5) is 0 Å². The normalized spacial score (nSPS) is 17.2. The van der Waals surface area contributed by atoms with Gasteiger partial charge >= 0.3 is 0 Å². The lowest BCUT2D eigenvalue weighted by molar-refractivity contribution is 0.0875. The molecule has 0 bridgehead atoms. The number of fused-ring (bicyclic) bond motifs is 1. The van der Waals surface area contributed by atoms with Gasteiger partial charge in [0.15, 0.2) is 0 Å². The minimum absolute atomic E-state index is 0.0403. The van der Waals surface area contributed by atoms with Gasteiger partial charge in [-0.25, -0.2) is 0 Å². The van der Waals surface area contributed by atoms with Gasteiger partial charge in [0.25, 0.3) is 5.91 Å². The molecule has 1 aromatic rings. The minimum atomic E-state index is -0.472. The van der Waals surface area contributed by atoms with E-state index in [-0.39, 0.29) is 11.8 Å². The summed E-state index contributed by atoms with van der Waals surface area (Å²) in [5.41, 5.74) is 1.37. The summed E-state index contributed by atoms with van der Waals surface area (Å²) in [6.45, 7) is 4.24. The van der Waals surface area contributed by atoms with Crippen LogP contribution in [0.1, 0.15) is 59.6 Å². The molecule has 20 heavy (non-hydrogen) atoms. The van der Waals surface area contributed by atoms with Crippen LogP contribution in [0, 0.1) is 5.92 Å². The van der Waals surface area contributed by atoms with Crippen molar-refractivity contribution in [2.24, 2.45) is 5.92 Å². The fraction of sp³-hybridized carbons (Fsp3) is 0.688. The van der Waals surface area contributed by atoms with E-state index >= 15 is 0 Å². The largest absolute Gasteiger partial charge is 0.391 e. The molecule has 1 aromatic heterocycles. The number of carbonyl (C=O) groups excluding carboxylic acids is 1. The molecule has 0 radical (unpaired) electrons. The molecule has 1 aliphatic carbocycles. The molecule has 0 saturated carbocycles. The van der Waals surface area contributed by atoms with Crippen LogP contribution in [-0.2, 0) is 12.8 Å². The van der Waals surface area contributed by atoms with Gasteiger partial charge in [-0.2, -0.15) is 0 Å². The number of amides is 1. The maximum Gasteiger partial charge on any atom is 0.261 e. The Kier molecular flexibility index (Phi) is 5.61. The SMILES string of the molecule is CC(C)C(O)CNC(=O)c1cc2c(s1)CCCCCC2. The van der Waals surface area contributed by atoms with Crippen molar-refractivity contribution < 1.29 is 9.90 Å². The fourth-order valence-corrected chi connectivity index (χ4v) is 3.65. The molecule has 4 heteroatoms. The lowest BCUT2D eigenvalue weighted by atomic mass is 10.00. The molecule has 1 aliphatic rings. The van der Waals surface area contributed by atoms with Gasteiger partial charge in [-0.05, 0) is 43.2 Å². The van der Waals surface area contributed by atoms with Gasteiger partial charge in [-0.15, -0.1) is 11.3 Å². The summed E-state index contributed by atoms with van der Waals surface area (Å²) < 4.78 is 0. The molecular weight excluding hydrogens is 270 g/mol. The van der Waals surface area contributed by atoms with E-state index in [0.29, 0.717) is 6.54 Å². The van der Waals surface area contributed by atoms with Gasteiger partial charge in [0, 0.05) is 11.4 Å². The number of nitrogens with one attached hydrogen (secondary N) is 1. The van der Waals surface area contributed by atoms with Gasteiger partial charge in [0.05, 0.1) is 11.0 Å². The molecule has 1 atom stereocenters. The third-order valence-electron chi connectivity index (χ3n) is 3.96. The highest BCUT2D eigenvalue weighted by Gasteiger charge is 2.17. The Morgan fingerprint density at radius 2 is 2.00 bits per heavy atom. The van der Waals surface area contributed by atoms with Crippen LogP contribution in [0.2, 0.25) is 0 Å². The zero-order valence-corrected chi connectivity index (χ0v) is 13.3. The highest BCUT2D eigenvalue weighted by atomic mass is 32.1. The number of hydrogen-bond donors (Lipinski definition) is 2. The first-order chi connectivity index (χ1) is 9.58. The highest BCUT2D eigenvalue weighted by molar-refractivity contribution is 7.14. The minimum Gasteiger partial charge on any atom is -0.391 e. The van der Waals surface area contributed by atoms with E-state index in [1.165, 1.54) is 36.1 Å². The Labute approximate surface area is 125 Å². The molecule has 0 saturated heterocycles. The van der Waals surface area contributed by atoms with E-state index in [9.17, 15) is 9.90 Å². The summed E-state index contributed by atoms with van der Waals surface area (Å²) >= 11 is 1.63. The number of rotatable bonds is 4. The van der Waals surface area contributed by atoms with Crippen molar-refractivity contribution in [3.63, 3.8) is 0 Å². The van der Waals surface area contributed by atoms with Crippen molar-refractivity contribution in [3.8, 4) is 0 Å². The molecule has 2 rings (SSSR count). The average molecular weight is 295 g/mol. The molecule has 2 N–H and O–H groups in total.